The lowest BCUT2D eigenvalue weighted by Gasteiger charge is -2.17. The molecule has 7 heteroatoms. The molecule has 0 amide bonds. The minimum atomic E-state index is -0.596. The van der Waals surface area contributed by atoms with Gasteiger partial charge >= 0.3 is 0 Å². The van der Waals surface area contributed by atoms with Gasteiger partial charge in [0.1, 0.15) is 23.3 Å². The van der Waals surface area contributed by atoms with E-state index in [4.69, 9.17) is 27.9 Å². The van der Waals surface area contributed by atoms with Crippen LogP contribution in [0.2, 0.25) is 10.2 Å². The van der Waals surface area contributed by atoms with Gasteiger partial charge in [0.15, 0.2) is 0 Å². The first-order valence-electron chi connectivity index (χ1n) is 7.77. The van der Waals surface area contributed by atoms with Gasteiger partial charge in [-0.1, -0.05) is 35.4 Å². The Bertz CT molecular complexity index is 855. The van der Waals surface area contributed by atoms with Crippen LogP contribution in [0.5, 0.6) is 5.75 Å². The molecule has 128 valence electrons. The molecule has 0 spiro atoms. The van der Waals surface area contributed by atoms with Crippen molar-refractivity contribution in [3.8, 4) is 16.9 Å². The van der Waals surface area contributed by atoms with Crippen LogP contribution in [0.3, 0.4) is 0 Å². The maximum absolute atomic E-state index is 14.5. The fraction of sp³-hybridized carbons (Fsp3) is 0.353. The second-order valence-electron chi connectivity index (χ2n) is 5.57. The summed E-state index contributed by atoms with van der Waals surface area (Å²) in [6.45, 7) is 3.40. The molecule has 1 aliphatic rings. The highest BCUT2D eigenvalue weighted by atomic mass is 35.5. The van der Waals surface area contributed by atoms with Gasteiger partial charge in [0, 0.05) is 18.7 Å². The fourth-order valence-corrected chi connectivity index (χ4v) is 3.38. The van der Waals surface area contributed by atoms with Crippen molar-refractivity contribution in [2.75, 3.05) is 6.61 Å². The monoisotopic (exact) mass is 370 g/mol. The molecule has 0 fully saturated rings. The third kappa shape index (κ3) is 2.98. The van der Waals surface area contributed by atoms with Gasteiger partial charge in [-0.2, -0.15) is 0 Å². The Morgan fingerprint density at radius 1 is 1.25 bits per heavy atom. The van der Waals surface area contributed by atoms with E-state index < -0.39 is 5.82 Å². The van der Waals surface area contributed by atoms with Gasteiger partial charge in [-0.3, -0.25) is 9.48 Å². The molecule has 0 aliphatic carbocycles. The van der Waals surface area contributed by atoms with Gasteiger partial charge in [-0.25, -0.2) is 9.07 Å². The molecule has 0 saturated heterocycles. The summed E-state index contributed by atoms with van der Waals surface area (Å²) in [6, 6.07) is 2.59. The SMILES string of the molecule is C/C=C/COc1cc(-c2c(Cl)n3n(c2=O)CCCC3)c(F)cc1Cl. The van der Waals surface area contributed by atoms with E-state index in [-0.39, 0.29) is 26.9 Å². The average molecular weight is 371 g/mol. The van der Waals surface area contributed by atoms with Gasteiger partial charge in [0.25, 0.3) is 5.56 Å². The second kappa shape index (κ2) is 7.03. The summed E-state index contributed by atoms with van der Waals surface area (Å²) < 4.78 is 23.3. The number of hydrogen-bond acceptors (Lipinski definition) is 2. The number of hydrogen-bond donors (Lipinski definition) is 0. The van der Waals surface area contributed by atoms with E-state index >= 15 is 0 Å². The molecule has 0 radical (unpaired) electrons. The normalized spacial score (nSPS) is 14.2. The summed E-state index contributed by atoms with van der Waals surface area (Å²) in [5.74, 6) is -0.281. The summed E-state index contributed by atoms with van der Waals surface area (Å²) >= 11 is 12.4. The Balaban J connectivity index is 2.11. The Labute approximate surface area is 149 Å². The first-order valence-corrected chi connectivity index (χ1v) is 8.52. The highest BCUT2D eigenvalue weighted by Gasteiger charge is 2.25. The Morgan fingerprint density at radius 3 is 2.62 bits per heavy atom. The molecule has 0 saturated carbocycles. The van der Waals surface area contributed by atoms with Crippen LogP contribution in [-0.2, 0) is 13.1 Å². The van der Waals surface area contributed by atoms with Gasteiger partial charge in [0.05, 0.1) is 10.6 Å². The summed E-state index contributed by atoms with van der Waals surface area (Å²) in [6.07, 6.45) is 5.48. The molecule has 3 rings (SSSR count). The smallest absolute Gasteiger partial charge is 0.276 e. The summed E-state index contributed by atoms with van der Waals surface area (Å²) in [5.41, 5.74) is -0.0248. The first kappa shape index (κ1) is 17.1. The molecule has 0 atom stereocenters. The van der Waals surface area contributed by atoms with Crippen molar-refractivity contribution in [3.63, 3.8) is 0 Å². The molecule has 1 aromatic carbocycles. The van der Waals surface area contributed by atoms with Crippen molar-refractivity contribution in [2.45, 2.75) is 32.9 Å². The van der Waals surface area contributed by atoms with Crippen LogP contribution in [0.4, 0.5) is 4.39 Å². The maximum atomic E-state index is 14.5. The second-order valence-corrected chi connectivity index (χ2v) is 6.33. The zero-order valence-electron chi connectivity index (χ0n) is 13.2. The van der Waals surface area contributed by atoms with E-state index in [0.29, 0.717) is 25.4 Å². The highest BCUT2D eigenvalue weighted by Crippen LogP contribution is 2.35. The molecule has 4 nitrogen and oxygen atoms in total. The van der Waals surface area contributed by atoms with Crippen LogP contribution in [0.1, 0.15) is 19.8 Å². The summed E-state index contributed by atoms with van der Waals surface area (Å²) in [5, 5.41) is 0.404. The zero-order chi connectivity index (χ0) is 17.3. The Kier molecular flexibility index (Phi) is 5.01. The minimum Gasteiger partial charge on any atom is -0.488 e. The van der Waals surface area contributed by atoms with E-state index in [1.807, 2.05) is 13.0 Å². The van der Waals surface area contributed by atoms with E-state index in [0.717, 1.165) is 18.9 Å². The molecule has 0 N–H and O–H groups in total. The van der Waals surface area contributed by atoms with Crippen LogP contribution in [0.15, 0.2) is 29.1 Å². The molecule has 1 aliphatic heterocycles. The van der Waals surface area contributed by atoms with Crippen molar-refractivity contribution in [3.05, 3.63) is 50.6 Å². The van der Waals surface area contributed by atoms with Gasteiger partial charge < -0.3 is 4.74 Å². The van der Waals surface area contributed by atoms with Crippen LogP contribution < -0.4 is 10.3 Å². The average Bonchev–Trinajstić information content (AvgIpc) is 2.82. The number of ether oxygens (including phenoxy) is 1. The quantitative estimate of drug-likeness (QED) is 0.742. The van der Waals surface area contributed by atoms with Crippen LogP contribution in [0, 0.1) is 5.82 Å². The molecule has 2 heterocycles. The summed E-state index contributed by atoms with van der Waals surface area (Å²) in [7, 11) is 0. The predicted molar refractivity (Wildman–Crippen MR) is 93.6 cm³/mol. The molecule has 0 unspecified atom stereocenters. The van der Waals surface area contributed by atoms with E-state index in [1.54, 1.807) is 15.4 Å². The highest BCUT2D eigenvalue weighted by molar-refractivity contribution is 6.33. The van der Waals surface area contributed by atoms with E-state index in [1.165, 1.54) is 6.07 Å². The van der Waals surface area contributed by atoms with Gasteiger partial charge in [0.2, 0.25) is 0 Å². The first-order chi connectivity index (χ1) is 11.5. The lowest BCUT2D eigenvalue weighted by molar-refractivity contribution is 0.356. The standard InChI is InChI=1S/C17H17Cl2FN2O2/c1-2-3-8-24-14-9-11(13(20)10-12(14)18)15-16(19)21-6-4-5-7-22(21)17(15)23/h2-3,9-10H,4-8H2,1H3/b3-2+. The third-order valence-corrected chi connectivity index (χ3v) is 4.70. The van der Waals surface area contributed by atoms with Crippen LogP contribution in [0.25, 0.3) is 11.1 Å². The summed E-state index contributed by atoms with van der Waals surface area (Å²) in [4.78, 5) is 12.6. The minimum absolute atomic E-state index is 0.110. The van der Waals surface area contributed by atoms with E-state index in [9.17, 15) is 9.18 Å². The number of halogens is 3. The van der Waals surface area contributed by atoms with Gasteiger partial charge in [-0.15, -0.1) is 0 Å². The molecular weight excluding hydrogens is 354 g/mol. The third-order valence-electron chi connectivity index (χ3n) is 4.02. The van der Waals surface area contributed by atoms with Crippen molar-refractivity contribution >= 4 is 23.2 Å². The van der Waals surface area contributed by atoms with Crippen LogP contribution >= 0.6 is 23.2 Å². The van der Waals surface area contributed by atoms with E-state index in [2.05, 4.69) is 0 Å². The zero-order valence-corrected chi connectivity index (χ0v) is 14.7. The molecule has 1 aromatic heterocycles. The van der Waals surface area contributed by atoms with Crippen molar-refractivity contribution in [2.24, 2.45) is 0 Å². The number of rotatable bonds is 4. The Hall–Kier alpha value is -1.72. The predicted octanol–water partition coefficient (Wildman–Crippen LogP) is 4.51. The fourth-order valence-electron chi connectivity index (χ4n) is 2.82. The molecular formula is C17H17Cl2FN2O2. The van der Waals surface area contributed by atoms with Crippen molar-refractivity contribution < 1.29 is 9.13 Å². The van der Waals surface area contributed by atoms with Crippen LogP contribution in [-0.4, -0.2) is 16.0 Å². The largest absolute Gasteiger partial charge is 0.488 e. The number of benzene rings is 1. The van der Waals surface area contributed by atoms with Crippen molar-refractivity contribution in [1.82, 2.24) is 9.36 Å². The number of allylic oxidation sites excluding steroid dienone is 1. The number of fused-ring (bicyclic) bond motifs is 1. The molecule has 2 aromatic rings. The molecule has 0 bridgehead atoms. The van der Waals surface area contributed by atoms with Gasteiger partial charge in [-0.05, 0) is 31.9 Å². The number of aromatic nitrogens is 2. The topological polar surface area (TPSA) is 36.2 Å². The number of nitrogens with zero attached hydrogens (tertiary/aromatic N) is 2. The Morgan fingerprint density at radius 2 is 1.96 bits per heavy atom. The van der Waals surface area contributed by atoms with Crippen molar-refractivity contribution in [1.29, 1.82) is 0 Å². The maximum Gasteiger partial charge on any atom is 0.276 e. The lowest BCUT2D eigenvalue weighted by atomic mass is 10.1. The lowest BCUT2D eigenvalue weighted by Crippen LogP contribution is -2.27. The molecule has 24 heavy (non-hydrogen) atoms.